The second kappa shape index (κ2) is 12.8. The minimum absolute atomic E-state index is 0.0464. The summed E-state index contributed by atoms with van der Waals surface area (Å²) in [5, 5.41) is 25.0. The van der Waals surface area contributed by atoms with Crippen LogP contribution in [0, 0.1) is 17.0 Å². The van der Waals surface area contributed by atoms with Crippen LogP contribution in [0.4, 0.5) is 5.69 Å². The van der Waals surface area contributed by atoms with Crippen molar-refractivity contribution < 1.29 is 19.6 Å². The predicted molar refractivity (Wildman–Crippen MR) is 139 cm³/mol. The van der Waals surface area contributed by atoms with E-state index in [1.165, 1.54) is 18.2 Å². The molecule has 4 atom stereocenters. The number of ether oxygens (including phenoxy) is 1. The van der Waals surface area contributed by atoms with Crippen LogP contribution in [-0.2, 0) is 17.6 Å². The highest BCUT2D eigenvalue weighted by atomic mass is 16.6. The van der Waals surface area contributed by atoms with Crippen LogP contribution in [0.2, 0.25) is 0 Å². The van der Waals surface area contributed by atoms with Gasteiger partial charge in [0.05, 0.1) is 17.1 Å². The molecular formula is C28H33N3O5. The lowest BCUT2D eigenvalue weighted by molar-refractivity contribution is -0.384. The van der Waals surface area contributed by atoms with Crippen molar-refractivity contribution in [3.05, 3.63) is 106 Å². The number of hydrogen-bond acceptors (Lipinski definition) is 6. The maximum atomic E-state index is 13.0. The van der Waals surface area contributed by atoms with Crippen LogP contribution in [0.1, 0.15) is 30.0 Å². The van der Waals surface area contributed by atoms with Crippen LogP contribution >= 0.6 is 0 Å². The molecule has 36 heavy (non-hydrogen) atoms. The third-order valence-corrected chi connectivity index (χ3v) is 6.02. The van der Waals surface area contributed by atoms with E-state index in [2.05, 4.69) is 5.32 Å². The molecule has 0 aromatic heterocycles. The number of amides is 1. The molecule has 4 unspecified atom stereocenters. The second-order valence-electron chi connectivity index (χ2n) is 9.02. The van der Waals surface area contributed by atoms with Gasteiger partial charge >= 0.3 is 0 Å². The van der Waals surface area contributed by atoms with E-state index in [0.717, 1.165) is 11.1 Å². The Hall–Kier alpha value is -3.75. The van der Waals surface area contributed by atoms with Crippen LogP contribution in [0.5, 0.6) is 5.75 Å². The van der Waals surface area contributed by atoms with Crippen LogP contribution in [0.15, 0.2) is 78.9 Å². The molecule has 8 nitrogen and oxygen atoms in total. The highest BCUT2D eigenvalue weighted by Crippen LogP contribution is 2.24. The monoisotopic (exact) mass is 491 g/mol. The number of rotatable bonds is 12. The number of aliphatic hydroxyl groups is 1. The van der Waals surface area contributed by atoms with Crippen LogP contribution < -0.4 is 15.8 Å². The highest BCUT2D eigenvalue weighted by molar-refractivity contribution is 5.81. The Labute approximate surface area is 211 Å². The van der Waals surface area contributed by atoms with Gasteiger partial charge in [-0.1, -0.05) is 60.7 Å². The molecule has 4 N–H and O–H groups in total. The van der Waals surface area contributed by atoms with Crippen LogP contribution in [-0.4, -0.2) is 40.2 Å². The van der Waals surface area contributed by atoms with Gasteiger partial charge in [-0.15, -0.1) is 0 Å². The van der Waals surface area contributed by atoms with Gasteiger partial charge in [-0.2, -0.15) is 0 Å². The smallest absolute Gasteiger partial charge is 0.269 e. The van der Waals surface area contributed by atoms with Crippen molar-refractivity contribution in [1.82, 2.24) is 5.32 Å². The van der Waals surface area contributed by atoms with Crippen LogP contribution in [0.25, 0.3) is 0 Å². The highest BCUT2D eigenvalue weighted by Gasteiger charge is 2.27. The van der Waals surface area contributed by atoms with E-state index in [4.69, 9.17) is 10.5 Å². The molecular weight excluding hydrogens is 458 g/mol. The SMILES string of the molecule is Cc1cc([N+](=O)[O-])ccc1OC(C)C(=O)NC(Cc1ccccc1)C(O)CC(N)Cc1ccccc1. The molecule has 3 aromatic carbocycles. The average molecular weight is 492 g/mol. The van der Waals surface area contributed by atoms with Crippen molar-refractivity contribution in [2.75, 3.05) is 0 Å². The Morgan fingerprint density at radius 3 is 2.17 bits per heavy atom. The molecule has 0 bridgehead atoms. The topological polar surface area (TPSA) is 128 Å². The van der Waals surface area contributed by atoms with E-state index in [1.54, 1.807) is 13.8 Å². The fraction of sp³-hybridized carbons (Fsp3) is 0.321. The number of aryl methyl sites for hydroxylation is 1. The first-order valence-corrected chi connectivity index (χ1v) is 12.0. The summed E-state index contributed by atoms with van der Waals surface area (Å²) in [7, 11) is 0. The van der Waals surface area contributed by atoms with E-state index in [0.29, 0.717) is 30.6 Å². The number of nitrogens with one attached hydrogen (secondary N) is 1. The van der Waals surface area contributed by atoms with Gasteiger partial charge < -0.3 is 20.9 Å². The Morgan fingerprint density at radius 1 is 1.03 bits per heavy atom. The number of benzene rings is 3. The van der Waals surface area contributed by atoms with E-state index in [1.807, 2.05) is 60.7 Å². The number of aliphatic hydroxyl groups excluding tert-OH is 1. The molecule has 0 spiro atoms. The molecule has 0 heterocycles. The predicted octanol–water partition coefficient (Wildman–Crippen LogP) is 3.72. The quantitative estimate of drug-likeness (QED) is 0.262. The van der Waals surface area contributed by atoms with Gasteiger partial charge in [-0.05, 0) is 55.9 Å². The van der Waals surface area contributed by atoms with E-state index < -0.39 is 29.1 Å². The molecule has 3 rings (SSSR count). The van der Waals surface area contributed by atoms with E-state index in [9.17, 15) is 20.0 Å². The summed E-state index contributed by atoms with van der Waals surface area (Å²) in [6.07, 6.45) is -0.406. The summed E-state index contributed by atoms with van der Waals surface area (Å²) in [6, 6.07) is 22.8. The summed E-state index contributed by atoms with van der Waals surface area (Å²) >= 11 is 0. The van der Waals surface area contributed by atoms with E-state index >= 15 is 0 Å². The van der Waals surface area contributed by atoms with Crippen molar-refractivity contribution in [2.45, 2.75) is 57.4 Å². The normalized spacial score (nSPS) is 14.3. The first-order chi connectivity index (χ1) is 17.2. The van der Waals surface area contributed by atoms with Gasteiger partial charge in [-0.25, -0.2) is 0 Å². The number of nitrogens with zero attached hydrogens (tertiary/aromatic N) is 1. The minimum atomic E-state index is -0.881. The number of carbonyl (C=O) groups is 1. The zero-order chi connectivity index (χ0) is 26.1. The fourth-order valence-electron chi connectivity index (χ4n) is 4.05. The molecule has 0 saturated carbocycles. The fourth-order valence-corrected chi connectivity index (χ4v) is 4.05. The summed E-state index contributed by atoms with van der Waals surface area (Å²) in [6.45, 7) is 3.28. The van der Waals surface area contributed by atoms with Gasteiger partial charge in [0.1, 0.15) is 5.75 Å². The van der Waals surface area contributed by atoms with Gasteiger partial charge in [0.15, 0.2) is 6.10 Å². The molecule has 0 fully saturated rings. The third kappa shape index (κ3) is 7.90. The average Bonchev–Trinajstić information content (AvgIpc) is 2.85. The standard InChI is InChI=1S/C28H33N3O5/c1-19-15-24(31(34)35)13-14-27(19)36-20(2)28(33)30-25(17-22-11-7-4-8-12-22)26(32)18-23(29)16-21-9-5-3-6-10-21/h3-15,20,23,25-26,32H,16-18,29H2,1-2H3,(H,30,33). The van der Waals surface area contributed by atoms with Crippen molar-refractivity contribution in [3.63, 3.8) is 0 Å². The van der Waals surface area contributed by atoms with Crippen molar-refractivity contribution in [1.29, 1.82) is 0 Å². The molecule has 0 aliphatic carbocycles. The summed E-state index contributed by atoms with van der Waals surface area (Å²) < 4.78 is 5.79. The molecule has 3 aromatic rings. The van der Waals surface area contributed by atoms with E-state index in [-0.39, 0.29) is 11.7 Å². The lowest BCUT2D eigenvalue weighted by Crippen LogP contribution is -2.50. The Kier molecular flexibility index (Phi) is 9.55. The number of non-ortho nitro benzene ring substituents is 1. The minimum Gasteiger partial charge on any atom is -0.481 e. The lowest BCUT2D eigenvalue weighted by Gasteiger charge is -2.28. The Bertz CT molecular complexity index is 1140. The number of hydrogen-bond donors (Lipinski definition) is 3. The molecule has 0 aliphatic rings. The molecule has 8 heteroatoms. The third-order valence-electron chi connectivity index (χ3n) is 6.02. The molecule has 0 saturated heterocycles. The summed E-state index contributed by atoms with van der Waals surface area (Å²) in [4.78, 5) is 23.5. The number of nitro groups is 1. The summed E-state index contributed by atoms with van der Waals surface area (Å²) in [5.74, 6) is -0.0161. The maximum absolute atomic E-state index is 13.0. The first kappa shape index (κ1) is 26.8. The maximum Gasteiger partial charge on any atom is 0.269 e. The number of nitro benzene ring substituents is 1. The van der Waals surface area contributed by atoms with Crippen LogP contribution in [0.3, 0.4) is 0 Å². The zero-order valence-corrected chi connectivity index (χ0v) is 20.5. The number of nitrogens with two attached hydrogens (primary N) is 1. The molecule has 0 aliphatic heterocycles. The zero-order valence-electron chi connectivity index (χ0n) is 20.5. The van der Waals surface area contributed by atoms with Gasteiger partial charge in [-0.3, -0.25) is 14.9 Å². The van der Waals surface area contributed by atoms with Crippen molar-refractivity contribution in [2.24, 2.45) is 5.73 Å². The number of carbonyl (C=O) groups excluding carboxylic acids is 1. The first-order valence-electron chi connectivity index (χ1n) is 12.0. The van der Waals surface area contributed by atoms with Gasteiger partial charge in [0.2, 0.25) is 0 Å². The molecule has 0 radical (unpaired) electrons. The van der Waals surface area contributed by atoms with Crippen molar-refractivity contribution >= 4 is 11.6 Å². The largest absolute Gasteiger partial charge is 0.481 e. The van der Waals surface area contributed by atoms with Gasteiger partial charge in [0.25, 0.3) is 11.6 Å². The van der Waals surface area contributed by atoms with Gasteiger partial charge in [0, 0.05) is 18.2 Å². The Morgan fingerprint density at radius 2 is 1.61 bits per heavy atom. The lowest BCUT2D eigenvalue weighted by atomic mass is 9.94. The molecule has 1 amide bonds. The summed E-state index contributed by atoms with van der Waals surface area (Å²) in [5.41, 5.74) is 8.90. The molecule has 190 valence electrons. The van der Waals surface area contributed by atoms with Crippen molar-refractivity contribution in [3.8, 4) is 5.75 Å². The second-order valence-corrected chi connectivity index (χ2v) is 9.02. The Balaban J connectivity index is 1.67.